The first-order valence-corrected chi connectivity index (χ1v) is 6.69. The molecule has 0 aromatic carbocycles. The number of rotatable bonds is 3. The lowest BCUT2D eigenvalue weighted by Crippen LogP contribution is -2.54. The highest BCUT2D eigenvalue weighted by Gasteiger charge is 2.44. The highest BCUT2D eigenvalue weighted by molar-refractivity contribution is 5.83. The lowest BCUT2D eigenvalue weighted by atomic mass is 9.71. The van der Waals surface area contributed by atoms with Crippen molar-refractivity contribution in [3.05, 3.63) is 0 Å². The van der Waals surface area contributed by atoms with E-state index < -0.39 is 11.4 Å². The van der Waals surface area contributed by atoms with E-state index in [1.807, 2.05) is 0 Å². The van der Waals surface area contributed by atoms with Crippen LogP contribution in [0.15, 0.2) is 0 Å². The third-order valence-corrected chi connectivity index (χ3v) is 4.24. The van der Waals surface area contributed by atoms with Gasteiger partial charge in [-0.15, -0.1) is 0 Å². The average Bonchev–Trinajstić information content (AvgIpc) is 2.85. The van der Waals surface area contributed by atoms with Crippen LogP contribution >= 0.6 is 0 Å². The smallest absolute Gasteiger partial charge is 0.311 e. The monoisotopic (exact) mass is 255 g/mol. The van der Waals surface area contributed by atoms with Crippen molar-refractivity contribution >= 4 is 11.9 Å². The van der Waals surface area contributed by atoms with Gasteiger partial charge in [0.1, 0.15) is 6.10 Å². The lowest BCUT2D eigenvalue weighted by molar-refractivity contribution is -0.152. The summed E-state index contributed by atoms with van der Waals surface area (Å²) in [5.74, 6) is -0.966. The van der Waals surface area contributed by atoms with Crippen LogP contribution in [0, 0.1) is 5.41 Å². The Labute approximate surface area is 107 Å². The molecular formula is C13H21NO4. The molecule has 3 atom stereocenters. The average molecular weight is 255 g/mol. The number of carboxylic acids is 1. The third-order valence-electron chi connectivity index (χ3n) is 4.24. The van der Waals surface area contributed by atoms with Gasteiger partial charge in [-0.1, -0.05) is 12.8 Å². The number of carbonyl (C=O) groups excluding carboxylic acids is 1. The summed E-state index contributed by atoms with van der Waals surface area (Å²) in [6.45, 7) is 2.36. The zero-order chi connectivity index (χ0) is 13.2. The number of carbonyl (C=O) groups is 2. The zero-order valence-corrected chi connectivity index (χ0v) is 10.8. The molecule has 18 heavy (non-hydrogen) atoms. The number of aliphatic carboxylic acids is 1. The topological polar surface area (TPSA) is 75.6 Å². The van der Waals surface area contributed by atoms with E-state index >= 15 is 0 Å². The second-order valence-corrected chi connectivity index (χ2v) is 5.53. The minimum atomic E-state index is -0.841. The summed E-state index contributed by atoms with van der Waals surface area (Å²) in [6, 6.07) is -0.277. The Hall–Kier alpha value is -1.10. The summed E-state index contributed by atoms with van der Waals surface area (Å²) in [5.41, 5.74) is -0.841. The number of ether oxygens (including phenoxy) is 1. The molecule has 2 aliphatic rings. The van der Waals surface area contributed by atoms with Gasteiger partial charge in [0.2, 0.25) is 5.91 Å². The lowest BCUT2D eigenvalue weighted by Gasteiger charge is -2.38. The molecule has 1 amide bonds. The van der Waals surface area contributed by atoms with Gasteiger partial charge in [-0.2, -0.15) is 0 Å². The maximum Gasteiger partial charge on any atom is 0.311 e. The van der Waals surface area contributed by atoms with Crippen LogP contribution in [-0.2, 0) is 14.3 Å². The first-order valence-electron chi connectivity index (χ1n) is 6.69. The molecular weight excluding hydrogens is 234 g/mol. The molecule has 2 rings (SSSR count). The summed E-state index contributed by atoms with van der Waals surface area (Å²) in [6.07, 6.45) is 4.50. The minimum Gasteiger partial charge on any atom is -0.481 e. The van der Waals surface area contributed by atoms with Crippen LogP contribution in [0.25, 0.3) is 0 Å². The fraction of sp³-hybridized carbons (Fsp3) is 0.846. The van der Waals surface area contributed by atoms with Crippen molar-refractivity contribution in [2.45, 2.75) is 57.6 Å². The Balaban J connectivity index is 2.01. The van der Waals surface area contributed by atoms with Gasteiger partial charge in [0.25, 0.3) is 0 Å². The Kier molecular flexibility index (Phi) is 3.90. The molecule has 102 valence electrons. The van der Waals surface area contributed by atoms with Crippen LogP contribution in [0.4, 0.5) is 0 Å². The van der Waals surface area contributed by atoms with Gasteiger partial charge < -0.3 is 15.2 Å². The van der Waals surface area contributed by atoms with E-state index in [1.54, 1.807) is 6.92 Å². The number of nitrogens with one attached hydrogen (secondary N) is 1. The van der Waals surface area contributed by atoms with Gasteiger partial charge in [0.15, 0.2) is 0 Å². The summed E-state index contributed by atoms with van der Waals surface area (Å²) < 4.78 is 5.33. The van der Waals surface area contributed by atoms with Crippen LogP contribution in [-0.4, -0.2) is 35.7 Å². The number of carboxylic acid groups (broad SMARTS) is 1. The molecule has 2 unspecified atom stereocenters. The second kappa shape index (κ2) is 5.26. The summed E-state index contributed by atoms with van der Waals surface area (Å²) >= 11 is 0. The van der Waals surface area contributed by atoms with E-state index in [2.05, 4.69) is 5.32 Å². The molecule has 5 nitrogen and oxygen atoms in total. The van der Waals surface area contributed by atoms with E-state index in [4.69, 9.17) is 4.74 Å². The van der Waals surface area contributed by atoms with Crippen LogP contribution in [0.3, 0.4) is 0 Å². The van der Waals surface area contributed by atoms with E-state index in [0.717, 1.165) is 32.1 Å². The van der Waals surface area contributed by atoms with E-state index in [9.17, 15) is 14.7 Å². The minimum absolute atomic E-state index is 0.146. The molecule has 0 aromatic rings. The van der Waals surface area contributed by atoms with Gasteiger partial charge in [0, 0.05) is 12.6 Å². The molecule has 0 bridgehead atoms. The van der Waals surface area contributed by atoms with Crippen molar-refractivity contribution < 1.29 is 19.4 Å². The largest absolute Gasteiger partial charge is 0.481 e. The Bertz CT molecular complexity index is 338. The van der Waals surface area contributed by atoms with Gasteiger partial charge in [0.05, 0.1) is 5.41 Å². The molecule has 2 N–H and O–H groups in total. The first-order chi connectivity index (χ1) is 8.54. The Morgan fingerprint density at radius 2 is 2.06 bits per heavy atom. The molecule has 1 aliphatic heterocycles. The SMILES string of the molecule is CC1(C(=O)O)CCCCC1NC(=O)[C@H]1CCCO1. The highest BCUT2D eigenvalue weighted by atomic mass is 16.5. The molecule has 0 spiro atoms. The van der Waals surface area contributed by atoms with Crippen molar-refractivity contribution in [2.75, 3.05) is 6.61 Å². The van der Waals surface area contributed by atoms with Crippen molar-refractivity contribution in [1.82, 2.24) is 5.32 Å². The van der Waals surface area contributed by atoms with E-state index in [0.29, 0.717) is 13.0 Å². The second-order valence-electron chi connectivity index (χ2n) is 5.53. The molecule has 1 saturated heterocycles. The standard InChI is InChI=1S/C13H21NO4/c1-13(12(16)17)7-3-2-6-10(13)14-11(15)9-5-4-8-18-9/h9-10H,2-8H2,1H3,(H,14,15)(H,16,17)/t9-,10?,13?/m1/s1. The molecule has 5 heteroatoms. The first kappa shape index (κ1) is 13.3. The summed E-state index contributed by atoms with van der Waals surface area (Å²) in [5, 5.41) is 12.3. The maximum atomic E-state index is 12.0. The normalized spacial score (nSPS) is 36.3. The van der Waals surface area contributed by atoms with Crippen molar-refractivity contribution in [3.63, 3.8) is 0 Å². The Morgan fingerprint density at radius 3 is 2.67 bits per heavy atom. The highest BCUT2D eigenvalue weighted by Crippen LogP contribution is 2.36. The molecule has 0 radical (unpaired) electrons. The molecule has 1 aliphatic carbocycles. The third kappa shape index (κ3) is 2.51. The predicted octanol–water partition coefficient (Wildman–Crippen LogP) is 1.32. The Morgan fingerprint density at radius 1 is 1.28 bits per heavy atom. The fourth-order valence-electron chi connectivity index (χ4n) is 2.87. The van der Waals surface area contributed by atoms with E-state index in [1.165, 1.54) is 0 Å². The van der Waals surface area contributed by atoms with Crippen molar-refractivity contribution in [1.29, 1.82) is 0 Å². The quantitative estimate of drug-likeness (QED) is 0.797. The van der Waals surface area contributed by atoms with Gasteiger partial charge >= 0.3 is 5.97 Å². The van der Waals surface area contributed by atoms with Crippen molar-refractivity contribution in [2.24, 2.45) is 5.41 Å². The van der Waals surface area contributed by atoms with Gasteiger partial charge in [-0.25, -0.2) is 0 Å². The summed E-state index contributed by atoms with van der Waals surface area (Å²) in [7, 11) is 0. The molecule has 1 saturated carbocycles. The molecule has 1 heterocycles. The maximum absolute atomic E-state index is 12.0. The summed E-state index contributed by atoms with van der Waals surface area (Å²) in [4.78, 5) is 23.4. The van der Waals surface area contributed by atoms with Crippen LogP contribution in [0.2, 0.25) is 0 Å². The molecule has 2 fully saturated rings. The predicted molar refractivity (Wildman–Crippen MR) is 65.1 cm³/mol. The van der Waals surface area contributed by atoms with Crippen LogP contribution in [0.1, 0.15) is 45.4 Å². The number of hydrogen-bond acceptors (Lipinski definition) is 3. The van der Waals surface area contributed by atoms with Gasteiger partial charge in [-0.3, -0.25) is 9.59 Å². The molecule has 0 aromatic heterocycles. The fourth-order valence-corrected chi connectivity index (χ4v) is 2.87. The van der Waals surface area contributed by atoms with Gasteiger partial charge in [-0.05, 0) is 32.6 Å². The number of hydrogen-bond donors (Lipinski definition) is 2. The van der Waals surface area contributed by atoms with E-state index in [-0.39, 0.29) is 18.1 Å². The van der Waals surface area contributed by atoms with Crippen LogP contribution < -0.4 is 5.32 Å². The van der Waals surface area contributed by atoms with Crippen LogP contribution in [0.5, 0.6) is 0 Å². The number of amides is 1. The zero-order valence-electron chi connectivity index (χ0n) is 10.8. The van der Waals surface area contributed by atoms with Crippen molar-refractivity contribution in [3.8, 4) is 0 Å².